The van der Waals surface area contributed by atoms with Gasteiger partial charge in [-0.15, -0.1) is 0 Å². The van der Waals surface area contributed by atoms with Crippen LogP contribution in [-0.2, 0) is 4.79 Å². The zero-order valence-electron chi connectivity index (χ0n) is 9.17. The van der Waals surface area contributed by atoms with Crippen LogP contribution < -0.4 is 21.5 Å². The molecule has 0 atom stereocenters. The van der Waals surface area contributed by atoms with Gasteiger partial charge in [-0.2, -0.15) is 0 Å². The van der Waals surface area contributed by atoms with Crippen molar-refractivity contribution in [3.63, 3.8) is 0 Å². The fourth-order valence-electron chi connectivity index (χ4n) is 1.11. The Labute approximate surface area is 102 Å². The molecule has 0 aliphatic rings. The van der Waals surface area contributed by atoms with Crippen molar-refractivity contribution in [1.82, 2.24) is 5.32 Å². The predicted molar refractivity (Wildman–Crippen MR) is 61.0 cm³/mol. The molecular formula is C10H11N3O5. The number of ether oxygens (including phenoxy) is 1. The SMILES string of the molecule is NC(=O)NC(=O)COc1cc(C(=O)O)ccc1N. The second kappa shape index (κ2) is 5.53. The van der Waals surface area contributed by atoms with Crippen molar-refractivity contribution in [2.75, 3.05) is 12.3 Å². The molecule has 1 aromatic rings. The lowest BCUT2D eigenvalue weighted by molar-refractivity contribution is -0.121. The summed E-state index contributed by atoms with van der Waals surface area (Å²) in [4.78, 5) is 32.1. The fourth-order valence-corrected chi connectivity index (χ4v) is 1.11. The van der Waals surface area contributed by atoms with Crippen LogP contribution in [0.5, 0.6) is 5.75 Å². The number of imide groups is 1. The molecule has 0 spiro atoms. The number of amides is 3. The molecule has 0 saturated heterocycles. The average molecular weight is 253 g/mol. The molecule has 0 aromatic heterocycles. The minimum atomic E-state index is -1.15. The summed E-state index contributed by atoms with van der Waals surface area (Å²) in [6, 6.07) is 2.81. The number of carbonyl (C=O) groups excluding carboxylic acids is 2. The van der Waals surface area contributed by atoms with E-state index in [1.165, 1.54) is 18.2 Å². The lowest BCUT2D eigenvalue weighted by Crippen LogP contribution is -2.38. The number of carbonyl (C=O) groups is 3. The first-order valence-corrected chi connectivity index (χ1v) is 4.75. The van der Waals surface area contributed by atoms with E-state index in [0.29, 0.717) is 0 Å². The molecule has 0 fully saturated rings. The molecule has 96 valence electrons. The maximum Gasteiger partial charge on any atom is 0.335 e. The van der Waals surface area contributed by atoms with Gasteiger partial charge in [0.2, 0.25) is 0 Å². The smallest absolute Gasteiger partial charge is 0.335 e. The summed E-state index contributed by atoms with van der Waals surface area (Å²) in [5.74, 6) is -1.88. The van der Waals surface area contributed by atoms with Crippen LogP contribution in [-0.4, -0.2) is 29.6 Å². The van der Waals surface area contributed by atoms with Crippen LogP contribution >= 0.6 is 0 Å². The van der Waals surface area contributed by atoms with Gasteiger partial charge in [0, 0.05) is 0 Å². The molecule has 6 N–H and O–H groups in total. The average Bonchev–Trinajstić information content (AvgIpc) is 2.26. The molecule has 0 aliphatic carbocycles. The van der Waals surface area contributed by atoms with Crippen molar-refractivity contribution in [2.24, 2.45) is 5.73 Å². The Hall–Kier alpha value is -2.77. The monoisotopic (exact) mass is 253 g/mol. The van der Waals surface area contributed by atoms with Gasteiger partial charge in [-0.05, 0) is 18.2 Å². The van der Waals surface area contributed by atoms with Gasteiger partial charge < -0.3 is 21.3 Å². The zero-order chi connectivity index (χ0) is 13.7. The third-order valence-corrected chi connectivity index (χ3v) is 1.88. The third kappa shape index (κ3) is 3.67. The van der Waals surface area contributed by atoms with Crippen molar-refractivity contribution in [3.8, 4) is 5.75 Å². The Balaban J connectivity index is 2.72. The quantitative estimate of drug-likeness (QED) is 0.534. The summed E-state index contributed by atoms with van der Waals surface area (Å²) >= 11 is 0. The number of nitrogens with two attached hydrogens (primary N) is 2. The van der Waals surface area contributed by atoms with Gasteiger partial charge in [-0.1, -0.05) is 0 Å². The van der Waals surface area contributed by atoms with E-state index in [-0.39, 0.29) is 17.0 Å². The van der Waals surface area contributed by atoms with Crippen molar-refractivity contribution in [2.45, 2.75) is 0 Å². The van der Waals surface area contributed by atoms with Crippen molar-refractivity contribution >= 4 is 23.6 Å². The number of anilines is 1. The van der Waals surface area contributed by atoms with E-state index < -0.39 is 24.5 Å². The molecule has 1 aromatic carbocycles. The number of benzene rings is 1. The number of nitrogens with one attached hydrogen (secondary N) is 1. The minimum Gasteiger partial charge on any atom is -0.482 e. The van der Waals surface area contributed by atoms with E-state index in [1.54, 1.807) is 5.32 Å². The highest BCUT2D eigenvalue weighted by Crippen LogP contribution is 2.22. The Morgan fingerprint density at radius 1 is 1.33 bits per heavy atom. The van der Waals surface area contributed by atoms with E-state index in [4.69, 9.17) is 21.3 Å². The Bertz CT molecular complexity index is 500. The van der Waals surface area contributed by atoms with Crippen LogP contribution in [0.25, 0.3) is 0 Å². The molecule has 0 bridgehead atoms. The lowest BCUT2D eigenvalue weighted by atomic mass is 10.2. The predicted octanol–water partition coefficient (Wildman–Crippen LogP) is -0.459. The van der Waals surface area contributed by atoms with Gasteiger partial charge in [0.1, 0.15) is 5.75 Å². The standard InChI is InChI=1S/C10H11N3O5/c11-6-2-1-5(9(15)16)3-7(6)18-4-8(14)13-10(12)17/h1-3H,4,11H2,(H,15,16)(H3,12,13,14,17). The van der Waals surface area contributed by atoms with Crippen molar-refractivity contribution < 1.29 is 24.2 Å². The largest absolute Gasteiger partial charge is 0.482 e. The Morgan fingerprint density at radius 2 is 2.00 bits per heavy atom. The maximum absolute atomic E-state index is 11.1. The Kier molecular flexibility index (Phi) is 4.08. The number of carboxylic acid groups (broad SMARTS) is 1. The summed E-state index contributed by atoms with van der Waals surface area (Å²) in [7, 11) is 0. The van der Waals surface area contributed by atoms with Crippen LogP contribution in [0, 0.1) is 0 Å². The Morgan fingerprint density at radius 3 is 2.56 bits per heavy atom. The number of hydrogen-bond acceptors (Lipinski definition) is 5. The summed E-state index contributed by atoms with van der Waals surface area (Å²) in [5.41, 5.74) is 10.4. The highest BCUT2D eigenvalue weighted by atomic mass is 16.5. The lowest BCUT2D eigenvalue weighted by Gasteiger charge is -2.08. The van der Waals surface area contributed by atoms with E-state index in [1.807, 2.05) is 0 Å². The molecule has 8 heteroatoms. The van der Waals surface area contributed by atoms with Gasteiger partial charge in [-0.25, -0.2) is 9.59 Å². The second-order valence-electron chi connectivity index (χ2n) is 3.26. The first-order chi connectivity index (χ1) is 8.40. The molecular weight excluding hydrogens is 242 g/mol. The van der Waals surface area contributed by atoms with Crippen LogP contribution in [0.3, 0.4) is 0 Å². The second-order valence-corrected chi connectivity index (χ2v) is 3.26. The van der Waals surface area contributed by atoms with E-state index in [9.17, 15) is 14.4 Å². The third-order valence-electron chi connectivity index (χ3n) is 1.88. The fraction of sp³-hybridized carbons (Fsp3) is 0.100. The maximum atomic E-state index is 11.1. The van der Waals surface area contributed by atoms with Gasteiger partial charge in [0.15, 0.2) is 6.61 Å². The van der Waals surface area contributed by atoms with Gasteiger partial charge in [-0.3, -0.25) is 10.1 Å². The number of nitrogen functional groups attached to an aromatic ring is 1. The molecule has 0 saturated carbocycles. The van der Waals surface area contributed by atoms with Gasteiger partial charge in [0.25, 0.3) is 5.91 Å². The number of primary amides is 1. The highest BCUT2D eigenvalue weighted by Gasteiger charge is 2.10. The number of aromatic carboxylic acids is 1. The number of rotatable bonds is 4. The minimum absolute atomic E-state index is 0.0329. The number of carboxylic acids is 1. The molecule has 8 nitrogen and oxygen atoms in total. The van der Waals surface area contributed by atoms with E-state index in [2.05, 4.69) is 0 Å². The van der Waals surface area contributed by atoms with E-state index >= 15 is 0 Å². The molecule has 18 heavy (non-hydrogen) atoms. The summed E-state index contributed by atoms with van der Waals surface area (Å²) < 4.78 is 4.98. The highest BCUT2D eigenvalue weighted by molar-refractivity contribution is 5.94. The summed E-state index contributed by atoms with van der Waals surface area (Å²) in [5, 5.41) is 10.5. The molecule has 0 unspecified atom stereocenters. The molecule has 0 heterocycles. The van der Waals surface area contributed by atoms with Crippen LogP contribution in [0.2, 0.25) is 0 Å². The number of hydrogen-bond donors (Lipinski definition) is 4. The van der Waals surface area contributed by atoms with E-state index in [0.717, 1.165) is 0 Å². The summed E-state index contributed by atoms with van der Waals surface area (Å²) in [6.07, 6.45) is 0. The van der Waals surface area contributed by atoms with Crippen LogP contribution in [0.15, 0.2) is 18.2 Å². The van der Waals surface area contributed by atoms with Crippen molar-refractivity contribution in [1.29, 1.82) is 0 Å². The first-order valence-electron chi connectivity index (χ1n) is 4.75. The van der Waals surface area contributed by atoms with Gasteiger partial charge in [0.05, 0.1) is 11.3 Å². The van der Waals surface area contributed by atoms with Gasteiger partial charge >= 0.3 is 12.0 Å². The topological polar surface area (TPSA) is 145 Å². The van der Waals surface area contributed by atoms with Crippen LogP contribution in [0.4, 0.5) is 10.5 Å². The summed E-state index contributed by atoms with van der Waals surface area (Å²) in [6.45, 7) is -0.504. The first kappa shape index (κ1) is 13.3. The molecule has 0 aliphatic heterocycles. The zero-order valence-corrected chi connectivity index (χ0v) is 9.17. The van der Waals surface area contributed by atoms with Crippen molar-refractivity contribution in [3.05, 3.63) is 23.8 Å². The van der Waals surface area contributed by atoms with Crippen LogP contribution in [0.1, 0.15) is 10.4 Å². The molecule has 3 amide bonds. The number of urea groups is 1. The normalized spacial score (nSPS) is 9.56. The molecule has 1 rings (SSSR count). The molecule has 0 radical (unpaired) electrons.